The number of rotatable bonds is 5. The zero-order valence-electron chi connectivity index (χ0n) is 12.8. The SMILES string of the molecule is CC(C)COc1ncccc1C(=O)N1CCCC(CO)C1. The van der Waals surface area contributed by atoms with Gasteiger partial charge in [0.25, 0.3) is 5.91 Å². The van der Waals surface area contributed by atoms with Crippen LogP contribution in [-0.4, -0.2) is 47.2 Å². The van der Waals surface area contributed by atoms with Crippen LogP contribution in [0.2, 0.25) is 0 Å². The van der Waals surface area contributed by atoms with Crippen LogP contribution in [-0.2, 0) is 0 Å². The normalized spacial score (nSPS) is 18.9. The lowest BCUT2D eigenvalue weighted by Crippen LogP contribution is -2.41. The molecule has 1 aliphatic rings. The molecule has 1 saturated heterocycles. The summed E-state index contributed by atoms with van der Waals surface area (Å²) in [4.78, 5) is 18.6. The van der Waals surface area contributed by atoms with Crippen LogP contribution in [0.5, 0.6) is 5.88 Å². The largest absolute Gasteiger partial charge is 0.477 e. The summed E-state index contributed by atoms with van der Waals surface area (Å²) in [5.74, 6) is 0.908. The molecule has 0 saturated carbocycles. The maximum Gasteiger partial charge on any atom is 0.259 e. The summed E-state index contributed by atoms with van der Waals surface area (Å²) in [6.45, 7) is 6.12. The van der Waals surface area contributed by atoms with Crippen LogP contribution in [0.15, 0.2) is 18.3 Å². The first-order valence-electron chi connectivity index (χ1n) is 7.59. The average molecular weight is 292 g/mol. The Bertz CT molecular complexity index is 476. The fourth-order valence-corrected chi connectivity index (χ4v) is 2.48. The molecule has 0 aromatic carbocycles. The number of aliphatic hydroxyl groups excluding tert-OH is 1. The fourth-order valence-electron chi connectivity index (χ4n) is 2.48. The molecular weight excluding hydrogens is 268 g/mol. The van der Waals surface area contributed by atoms with Gasteiger partial charge in [0.05, 0.1) is 6.61 Å². The third-order valence-electron chi connectivity index (χ3n) is 3.62. The molecule has 0 spiro atoms. The van der Waals surface area contributed by atoms with Crippen molar-refractivity contribution < 1.29 is 14.6 Å². The Balaban J connectivity index is 2.11. The topological polar surface area (TPSA) is 62.7 Å². The molecule has 116 valence electrons. The third kappa shape index (κ3) is 4.17. The smallest absolute Gasteiger partial charge is 0.259 e. The van der Waals surface area contributed by atoms with Crippen LogP contribution >= 0.6 is 0 Å². The van der Waals surface area contributed by atoms with E-state index in [1.54, 1.807) is 23.2 Å². The van der Waals surface area contributed by atoms with Crippen LogP contribution in [0.25, 0.3) is 0 Å². The Morgan fingerprint density at radius 2 is 2.38 bits per heavy atom. The Hall–Kier alpha value is -1.62. The number of pyridine rings is 1. The minimum Gasteiger partial charge on any atom is -0.477 e. The molecule has 0 bridgehead atoms. The number of likely N-dealkylation sites (tertiary alicyclic amines) is 1. The molecule has 2 heterocycles. The van der Waals surface area contributed by atoms with E-state index in [-0.39, 0.29) is 18.4 Å². The van der Waals surface area contributed by atoms with Gasteiger partial charge in [0.2, 0.25) is 5.88 Å². The molecule has 5 nitrogen and oxygen atoms in total. The highest BCUT2D eigenvalue weighted by Gasteiger charge is 2.26. The Morgan fingerprint density at radius 1 is 1.57 bits per heavy atom. The molecule has 1 aliphatic heterocycles. The summed E-state index contributed by atoms with van der Waals surface area (Å²) < 4.78 is 5.66. The van der Waals surface area contributed by atoms with Gasteiger partial charge in [-0.1, -0.05) is 13.8 Å². The lowest BCUT2D eigenvalue weighted by molar-refractivity contribution is 0.0615. The zero-order chi connectivity index (χ0) is 15.2. The van der Waals surface area contributed by atoms with Crippen molar-refractivity contribution in [3.63, 3.8) is 0 Å². The van der Waals surface area contributed by atoms with E-state index in [9.17, 15) is 9.90 Å². The standard InChI is InChI=1S/C16H24N2O3/c1-12(2)11-21-15-14(6-3-7-17-15)16(20)18-8-4-5-13(9-18)10-19/h3,6-7,12-13,19H,4-5,8-11H2,1-2H3. The van der Waals surface area contributed by atoms with Crippen molar-refractivity contribution in [2.75, 3.05) is 26.3 Å². The highest BCUT2D eigenvalue weighted by Crippen LogP contribution is 2.22. The van der Waals surface area contributed by atoms with Crippen LogP contribution in [0.3, 0.4) is 0 Å². The van der Waals surface area contributed by atoms with E-state index in [0.717, 1.165) is 19.4 Å². The van der Waals surface area contributed by atoms with Gasteiger partial charge in [0, 0.05) is 25.9 Å². The molecule has 1 amide bonds. The summed E-state index contributed by atoms with van der Waals surface area (Å²) in [7, 11) is 0. The monoisotopic (exact) mass is 292 g/mol. The molecule has 5 heteroatoms. The molecule has 0 aliphatic carbocycles. The Kier molecular flexibility index (Phi) is 5.56. The van der Waals surface area contributed by atoms with E-state index in [1.165, 1.54) is 0 Å². The molecule has 1 unspecified atom stereocenters. The highest BCUT2D eigenvalue weighted by atomic mass is 16.5. The molecule has 1 aromatic rings. The lowest BCUT2D eigenvalue weighted by atomic mass is 9.98. The van der Waals surface area contributed by atoms with Gasteiger partial charge in [-0.3, -0.25) is 4.79 Å². The number of nitrogens with zero attached hydrogens (tertiary/aromatic N) is 2. The highest BCUT2D eigenvalue weighted by molar-refractivity contribution is 5.96. The summed E-state index contributed by atoms with van der Waals surface area (Å²) in [6, 6.07) is 3.51. The van der Waals surface area contributed by atoms with Crippen molar-refractivity contribution in [1.29, 1.82) is 0 Å². The van der Waals surface area contributed by atoms with Crippen molar-refractivity contribution in [3.05, 3.63) is 23.9 Å². The minimum absolute atomic E-state index is 0.0555. The van der Waals surface area contributed by atoms with E-state index in [1.807, 2.05) is 0 Å². The number of hydrogen-bond acceptors (Lipinski definition) is 4. The fraction of sp³-hybridized carbons (Fsp3) is 0.625. The second-order valence-corrected chi connectivity index (χ2v) is 6.00. The van der Waals surface area contributed by atoms with Crippen LogP contribution in [0.4, 0.5) is 0 Å². The van der Waals surface area contributed by atoms with E-state index in [0.29, 0.717) is 30.5 Å². The van der Waals surface area contributed by atoms with E-state index >= 15 is 0 Å². The number of ether oxygens (including phenoxy) is 1. The maximum absolute atomic E-state index is 12.7. The molecule has 2 rings (SSSR count). The summed E-state index contributed by atoms with van der Waals surface area (Å²) in [5, 5.41) is 9.29. The second kappa shape index (κ2) is 7.41. The summed E-state index contributed by atoms with van der Waals surface area (Å²) >= 11 is 0. The van der Waals surface area contributed by atoms with Crippen molar-refractivity contribution >= 4 is 5.91 Å². The molecule has 0 radical (unpaired) electrons. The quantitative estimate of drug-likeness (QED) is 0.901. The van der Waals surface area contributed by atoms with Gasteiger partial charge in [0.1, 0.15) is 5.56 Å². The van der Waals surface area contributed by atoms with Crippen molar-refractivity contribution in [1.82, 2.24) is 9.88 Å². The van der Waals surface area contributed by atoms with Gasteiger partial charge in [-0.05, 0) is 36.8 Å². The second-order valence-electron chi connectivity index (χ2n) is 6.00. The van der Waals surface area contributed by atoms with Gasteiger partial charge < -0.3 is 14.7 Å². The first kappa shape index (κ1) is 15.8. The van der Waals surface area contributed by atoms with E-state index in [4.69, 9.17) is 4.74 Å². The molecular formula is C16H24N2O3. The van der Waals surface area contributed by atoms with E-state index in [2.05, 4.69) is 18.8 Å². The molecule has 1 N–H and O–H groups in total. The number of amides is 1. The number of carbonyl (C=O) groups excluding carboxylic acids is 1. The van der Waals surface area contributed by atoms with Crippen LogP contribution in [0, 0.1) is 11.8 Å². The maximum atomic E-state index is 12.7. The predicted molar refractivity (Wildman–Crippen MR) is 80.3 cm³/mol. The van der Waals surface area contributed by atoms with Gasteiger partial charge in [-0.2, -0.15) is 0 Å². The molecule has 21 heavy (non-hydrogen) atoms. The minimum atomic E-state index is -0.0555. The first-order chi connectivity index (χ1) is 10.1. The lowest BCUT2D eigenvalue weighted by Gasteiger charge is -2.32. The Labute approximate surface area is 125 Å². The van der Waals surface area contributed by atoms with Crippen molar-refractivity contribution in [2.24, 2.45) is 11.8 Å². The summed E-state index contributed by atoms with van der Waals surface area (Å²) in [6.07, 6.45) is 3.54. The van der Waals surface area contributed by atoms with Gasteiger partial charge in [-0.25, -0.2) is 4.98 Å². The molecule has 1 atom stereocenters. The Morgan fingerprint density at radius 3 is 3.10 bits per heavy atom. The summed E-state index contributed by atoms with van der Waals surface area (Å²) in [5.41, 5.74) is 0.511. The van der Waals surface area contributed by atoms with Gasteiger partial charge >= 0.3 is 0 Å². The van der Waals surface area contributed by atoms with Crippen LogP contribution < -0.4 is 4.74 Å². The van der Waals surface area contributed by atoms with Crippen molar-refractivity contribution in [3.8, 4) is 5.88 Å². The van der Waals surface area contributed by atoms with Crippen molar-refractivity contribution in [2.45, 2.75) is 26.7 Å². The number of aliphatic hydroxyl groups is 1. The average Bonchev–Trinajstić information content (AvgIpc) is 2.52. The molecule has 1 aromatic heterocycles. The molecule has 1 fully saturated rings. The van der Waals surface area contributed by atoms with Crippen LogP contribution in [0.1, 0.15) is 37.0 Å². The number of aromatic nitrogens is 1. The predicted octanol–water partition coefficient (Wildman–Crippen LogP) is 1.96. The van der Waals surface area contributed by atoms with Gasteiger partial charge in [0.15, 0.2) is 0 Å². The number of hydrogen-bond donors (Lipinski definition) is 1. The first-order valence-corrected chi connectivity index (χ1v) is 7.59. The number of piperidine rings is 1. The van der Waals surface area contributed by atoms with Gasteiger partial charge in [-0.15, -0.1) is 0 Å². The number of carbonyl (C=O) groups is 1. The third-order valence-corrected chi connectivity index (χ3v) is 3.62. The zero-order valence-corrected chi connectivity index (χ0v) is 12.8. The van der Waals surface area contributed by atoms with E-state index < -0.39 is 0 Å².